The molecule has 19 heavy (non-hydrogen) atoms. The van der Waals surface area contributed by atoms with Gasteiger partial charge in [0.2, 0.25) is 5.91 Å². The zero-order valence-electron chi connectivity index (χ0n) is 9.98. The largest absolute Gasteiger partial charge is 0.480 e. The number of para-hydroxylation sites is 1. The highest BCUT2D eigenvalue weighted by atomic mass is 16.6. The number of rotatable bonds is 4. The Hall–Kier alpha value is -2.44. The number of carbonyl (C=O) groups is 2. The van der Waals surface area contributed by atoms with Gasteiger partial charge in [0.1, 0.15) is 6.04 Å². The van der Waals surface area contributed by atoms with Gasteiger partial charge in [-0.25, -0.2) is 4.79 Å². The van der Waals surface area contributed by atoms with Crippen molar-refractivity contribution in [2.75, 3.05) is 0 Å². The van der Waals surface area contributed by atoms with E-state index in [-0.39, 0.29) is 31.0 Å². The fourth-order valence-electron chi connectivity index (χ4n) is 2.19. The molecule has 1 fully saturated rings. The number of amides is 1. The van der Waals surface area contributed by atoms with E-state index in [9.17, 15) is 19.7 Å². The van der Waals surface area contributed by atoms with Crippen LogP contribution in [0.5, 0.6) is 0 Å². The highest BCUT2D eigenvalue weighted by Gasteiger charge is 2.36. The fourth-order valence-corrected chi connectivity index (χ4v) is 2.19. The first kappa shape index (κ1) is 13.0. The molecule has 1 N–H and O–H groups in total. The molecule has 1 unspecified atom stereocenters. The number of carboxylic acids is 1. The van der Waals surface area contributed by atoms with Gasteiger partial charge in [0.05, 0.1) is 11.5 Å². The van der Waals surface area contributed by atoms with Gasteiger partial charge in [-0.3, -0.25) is 14.9 Å². The Labute approximate surface area is 108 Å². The standard InChI is InChI=1S/C12H12N2O5/c15-11-6-5-10(12(16)17)13(11)7-8-3-1-2-4-9(8)14(18)19/h1-4,10H,5-7H2,(H,16,17). The average molecular weight is 264 g/mol. The van der Waals surface area contributed by atoms with Crippen LogP contribution in [0.15, 0.2) is 24.3 Å². The molecule has 0 radical (unpaired) electrons. The van der Waals surface area contributed by atoms with Crippen LogP contribution >= 0.6 is 0 Å². The smallest absolute Gasteiger partial charge is 0.326 e. The van der Waals surface area contributed by atoms with Crippen molar-refractivity contribution in [1.29, 1.82) is 0 Å². The van der Waals surface area contributed by atoms with Crippen molar-refractivity contribution in [2.45, 2.75) is 25.4 Å². The van der Waals surface area contributed by atoms with E-state index in [0.29, 0.717) is 5.56 Å². The second-order valence-electron chi connectivity index (χ2n) is 4.30. The van der Waals surface area contributed by atoms with E-state index in [1.54, 1.807) is 6.07 Å². The van der Waals surface area contributed by atoms with E-state index < -0.39 is 16.9 Å². The molecule has 1 atom stereocenters. The van der Waals surface area contributed by atoms with Crippen molar-refractivity contribution in [3.8, 4) is 0 Å². The summed E-state index contributed by atoms with van der Waals surface area (Å²) < 4.78 is 0. The lowest BCUT2D eigenvalue weighted by atomic mass is 10.1. The van der Waals surface area contributed by atoms with Crippen molar-refractivity contribution < 1.29 is 19.6 Å². The van der Waals surface area contributed by atoms with Gasteiger partial charge < -0.3 is 10.0 Å². The zero-order chi connectivity index (χ0) is 14.0. The summed E-state index contributed by atoms with van der Waals surface area (Å²) in [5.74, 6) is -1.37. The molecule has 1 aromatic carbocycles. The second kappa shape index (κ2) is 5.05. The predicted octanol–water partition coefficient (Wildman–Crippen LogP) is 1.17. The minimum Gasteiger partial charge on any atom is -0.480 e. The molecule has 1 amide bonds. The second-order valence-corrected chi connectivity index (χ2v) is 4.30. The lowest BCUT2D eigenvalue weighted by Gasteiger charge is -2.21. The van der Waals surface area contributed by atoms with E-state index >= 15 is 0 Å². The first-order valence-corrected chi connectivity index (χ1v) is 5.75. The van der Waals surface area contributed by atoms with Crippen LogP contribution in [0.3, 0.4) is 0 Å². The van der Waals surface area contributed by atoms with Crippen molar-refractivity contribution in [2.24, 2.45) is 0 Å². The number of hydrogen-bond acceptors (Lipinski definition) is 4. The van der Waals surface area contributed by atoms with Gasteiger partial charge in [0.15, 0.2) is 0 Å². The lowest BCUT2D eigenvalue weighted by Crippen LogP contribution is -2.38. The van der Waals surface area contributed by atoms with E-state index in [0.717, 1.165) is 0 Å². The highest BCUT2D eigenvalue weighted by Crippen LogP contribution is 2.25. The van der Waals surface area contributed by atoms with Crippen LogP contribution in [0.25, 0.3) is 0 Å². The molecular weight excluding hydrogens is 252 g/mol. The van der Waals surface area contributed by atoms with Crippen molar-refractivity contribution in [3.05, 3.63) is 39.9 Å². The number of nitro groups is 1. The van der Waals surface area contributed by atoms with Gasteiger partial charge in [0.25, 0.3) is 5.69 Å². The third kappa shape index (κ3) is 2.54. The predicted molar refractivity (Wildman–Crippen MR) is 64.3 cm³/mol. The third-order valence-corrected chi connectivity index (χ3v) is 3.14. The van der Waals surface area contributed by atoms with Gasteiger partial charge in [-0.05, 0) is 6.42 Å². The molecule has 1 saturated heterocycles. The molecule has 0 bridgehead atoms. The summed E-state index contributed by atoms with van der Waals surface area (Å²) in [7, 11) is 0. The van der Waals surface area contributed by atoms with E-state index in [1.165, 1.54) is 23.1 Å². The number of carbonyl (C=O) groups excluding carboxylic acids is 1. The summed E-state index contributed by atoms with van der Waals surface area (Å²) in [5.41, 5.74) is 0.236. The van der Waals surface area contributed by atoms with Crippen LogP contribution in [-0.2, 0) is 16.1 Å². The van der Waals surface area contributed by atoms with Gasteiger partial charge in [-0.15, -0.1) is 0 Å². The average Bonchev–Trinajstić information content (AvgIpc) is 2.72. The Morgan fingerprint density at radius 3 is 2.79 bits per heavy atom. The Kier molecular flexibility index (Phi) is 3.46. The maximum atomic E-state index is 11.7. The van der Waals surface area contributed by atoms with Gasteiger partial charge >= 0.3 is 5.97 Å². The molecule has 1 aromatic rings. The number of hydrogen-bond donors (Lipinski definition) is 1. The maximum absolute atomic E-state index is 11.7. The minimum absolute atomic E-state index is 0.0487. The normalized spacial score (nSPS) is 18.6. The van der Waals surface area contributed by atoms with Crippen LogP contribution in [0, 0.1) is 10.1 Å². The zero-order valence-corrected chi connectivity index (χ0v) is 9.98. The monoisotopic (exact) mass is 264 g/mol. The van der Waals surface area contributed by atoms with Crippen molar-refractivity contribution in [3.63, 3.8) is 0 Å². The number of benzene rings is 1. The van der Waals surface area contributed by atoms with Crippen molar-refractivity contribution in [1.82, 2.24) is 4.90 Å². The molecule has 0 aromatic heterocycles. The van der Waals surface area contributed by atoms with Gasteiger partial charge in [0, 0.05) is 18.1 Å². The summed E-state index contributed by atoms with van der Waals surface area (Å²) in [6, 6.07) is 5.13. The summed E-state index contributed by atoms with van der Waals surface area (Å²) in [6.07, 6.45) is 0.409. The van der Waals surface area contributed by atoms with E-state index in [4.69, 9.17) is 5.11 Å². The molecule has 100 valence electrons. The Morgan fingerprint density at radius 2 is 2.16 bits per heavy atom. The minimum atomic E-state index is -1.08. The van der Waals surface area contributed by atoms with Crippen LogP contribution in [0.2, 0.25) is 0 Å². The number of likely N-dealkylation sites (tertiary alicyclic amines) is 1. The maximum Gasteiger partial charge on any atom is 0.326 e. The molecule has 0 spiro atoms. The Bertz CT molecular complexity index is 543. The molecule has 7 heteroatoms. The number of carboxylic acid groups (broad SMARTS) is 1. The van der Waals surface area contributed by atoms with Crippen molar-refractivity contribution >= 4 is 17.6 Å². The number of nitrogens with zero attached hydrogens (tertiary/aromatic N) is 2. The van der Waals surface area contributed by atoms with Crippen LogP contribution in [-0.4, -0.2) is 32.8 Å². The van der Waals surface area contributed by atoms with Crippen LogP contribution < -0.4 is 0 Å². The Morgan fingerprint density at radius 1 is 1.47 bits per heavy atom. The SMILES string of the molecule is O=C(O)C1CCC(=O)N1Cc1ccccc1[N+](=O)[O-]. The number of nitro benzene ring substituents is 1. The van der Waals surface area contributed by atoms with Gasteiger partial charge in [-0.1, -0.05) is 18.2 Å². The van der Waals surface area contributed by atoms with Crippen LogP contribution in [0.1, 0.15) is 18.4 Å². The first-order valence-electron chi connectivity index (χ1n) is 5.75. The third-order valence-electron chi connectivity index (χ3n) is 3.14. The Balaban J connectivity index is 2.27. The fraction of sp³-hybridized carbons (Fsp3) is 0.333. The topological polar surface area (TPSA) is 101 Å². The summed E-state index contributed by atoms with van der Waals surface area (Å²) in [6.45, 7) is -0.0487. The lowest BCUT2D eigenvalue weighted by molar-refractivity contribution is -0.385. The molecule has 0 saturated carbocycles. The number of aliphatic carboxylic acids is 1. The highest BCUT2D eigenvalue weighted by molar-refractivity contribution is 5.87. The van der Waals surface area contributed by atoms with E-state index in [1.807, 2.05) is 0 Å². The van der Waals surface area contributed by atoms with E-state index in [2.05, 4.69) is 0 Å². The molecule has 1 aliphatic heterocycles. The first-order chi connectivity index (χ1) is 9.00. The molecular formula is C12H12N2O5. The van der Waals surface area contributed by atoms with Gasteiger partial charge in [-0.2, -0.15) is 0 Å². The molecule has 2 rings (SSSR count). The summed E-state index contributed by atoms with van der Waals surface area (Å²) in [5, 5.41) is 19.9. The quantitative estimate of drug-likeness (QED) is 0.649. The molecule has 7 nitrogen and oxygen atoms in total. The molecule has 1 aliphatic rings. The molecule has 1 heterocycles. The van der Waals surface area contributed by atoms with Crippen LogP contribution in [0.4, 0.5) is 5.69 Å². The molecule has 0 aliphatic carbocycles. The summed E-state index contributed by atoms with van der Waals surface area (Å²) in [4.78, 5) is 34.2. The summed E-state index contributed by atoms with van der Waals surface area (Å²) >= 11 is 0.